The van der Waals surface area contributed by atoms with Crippen molar-refractivity contribution in [1.82, 2.24) is 9.55 Å². The third-order valence-electron chi connectivity index (χ3n) is 4.27. The second-order valence-electron chi connectivity index (χ2n) is 6.04. The van der Waals surface area contributed by atoms with Crippen LogP contribution in [-0.2, 0) is 6.54 Å². The normalized spacial score (nSPS) is 11.1. The number of nitrogens with zero attached hydrogens (tertiary/aromatic N) is 2. The highest BCUT2D eigenvalue weighted by atomic mass is 16.3. The minimum Gasteiger partial charge on any atom is -0.504 e. The number of fused-ring (bicyclic) bond motifs is 1. The smallest absolute Gasteiger partial charge is 0.158 e. The van der Waals surface area contributed by atoms with Gasteiger partial charge in [0.1, 0.15) is 5.82 Å². The molecule has 0 saturated carbocycles. The minimum absolute atomic E-state index is 0.173. The zero-order valence-corrected chi connectivity index (χ0v) is 13.7. The zero-order valence-electron chi connectivity index (χ0n) is 13.7. The van der Waals surface area contributed by atoms with E-state index in [0.29, 0.717) is 17.9 Å². The van der Waals surface area contributed by atoms with Crippen LogP contribution in [0.2, 0.25) is 0 Å². The van der Waals surface area contributed by atoms with Crippen LogP contribution in [0.25, 0.3) is 22.4 Å². The van der Waals surface area contributed by atoms with Crippen LogP contribution in [0, 0.1) is 0 Å². The van der Waals surface area contributed by atoms with Gasteiger partial charge < -0.3 is 25.0 Å². The molecular formula is C20H16N2O4. The first-order chi connectivity index (χ1) is 12.5. The van der Waals surface area contributed by atoms with E-state index in [-0.39, 0.29) is 23.0 Å². The van der Waals surface area contributed by atoms with Crippen molar-refractivity contribution in [3.63, 3.8) is 0 Å². The summed E-state index contributed by atoms with van der Waals surface area (Å²) in [5, 5.41) is 38.7. The molecule has 1 aromatic heterocycles. The number of rotatable bonds is 3. The fraction of sp³-hybridized carbons (Fsp3) is 0.0500. The highest BCUT2D eigenvalue weighted by Gasteiger charge is 2.15. The van der Waals surface area contributed by atoms with Crippen molar-refractivity contribution in [2.45, 2.75) is 6.54 Å². The van der Waals surface area contributed by atoms with Crippen molar-refractivity contribution >= 4 is 11.0 Å². The van der Waals surface area contributed by atoms with E-state index in [2.05, 4.69) is 4.98 Å². The van der Waals surface area contributed by atoms with E-state index in [0.717, 1.165) is 16.6 Å². The fourth-order valence-electron chi connectivity index (χ4n) is 2.97. The first-order valence-corrected chi connectivity index (χ1v) is 8.01. The summed E-state index contributed by atoms with van der Waals surface area (Å²) < 4.78 is 1.95. The van der Waals surface area contributed by atoms with Gasteiger partial charge in [0.25, 0.3) is 0 Å². The predicted octanol–water partition coefficient (Wildman–Crippen LogP) is 3.57. The van der Waals surface area contributed by atoms with E-state index in [9.17, 15) is 20.4 Å². The van der Waals surface area contributed by atoms with Crippen LogP contribution in [-0.4, -0.2) is 30.0 Å². The van der Waals surface area contributed by atoms with Crippen LogP contribution in [0.1, 0.15) is 5.56 Å². The first kappa shape index (κ1) is 15.8. The van der Waals surface area contributed by atoms with Crippen molar-refractivity contribution in [2.24, 2.45) is 0 Å². The Morgan fingerprint density at radius 1 is 0.731 bits per heavy atom. The Balaban J connectivity index is 1.88. The van der Waals surface area contributed by atoms with E-state index < -0.39 is 0 Å². The van der Waals surface area contributed by atoms with Crippen LogP contribution in [0.4, 0.5) is 0 Å². The van der Waals surface area contributed by atoms with Gasteiger partial charge in [-0.25, -0.2) is 4.98 Å². The van der Waals surface area contributed by atoms with Gasteiger partial charge in [-0.2, -0.15) is 0 Å². The molecular weight excluding hydrogens is 332 g/mol. The number of aromatic nitrogens is 2. The van der Waals surface area contributed by atoms with Crippen molar-refractivity contribution in [3.05, 3.63) is 66.2 Å². The highest BCUT2D eigenvalue weighted by molar-refractivity contribution is 5.81. The largest absolute Gasteiger partial charge is 0.504 e. The molecule has 0 bridgehead atoms. The quantitative estimate of drug-likeness (QED) is 0.424. The van der Waals surface area contributed by atoms with Crippen LogP contribution < -0.4 is 0 Å². The number of phenolic OH excluding ortho intramolecular Hbond substituents is 4. The van der Waals surface area contributed by atoms with Crippen LogP contribution in [0.5, 0.6) is 23.0 Å². The number of hydrogen-bond donors (Lipinski definition) is 4. The molecule has 0 unspecified atom stereocenters. The summed E-state index contributed by atoms with van der Waals surface area (Å²) in [6.07, 6.45) is 0. The third kappa shape index (κ3) is 2.67. The van der Waals surface area contributed by atoms with E-state index in [1.165, 1.54) is 24.3 Å². The molecule has 0 amide bonds. The van der Waals surface area contributed by atoms with Gasteiger partial charge in [-0.1, -0.05) is 18.2 Å². The molecule has 26 heavy (non-hydrogen) atoms. The standard InChI is InChI=1S/C20H16N2O4/c23-16-7-5-12(9-18(16)25)11-22-15-4-2-1-3-14(15)21-20(22)13-6-8-17(24)19(26)10-13/h1-10,23-26H,11H2. The van der Waals surface area contributed by atoms with Gasteiger partial charge in [-0.3, -0.25) is 0 Å². The van der Waals surface area contributed by atoms with Crippen molar-refractivity contribution in [3.8, 4) is 34.4 Å². The van der Waals surface area contributed by atoms with Crippen LogP contribution >= 0.6 is 0 Å². The molecule has 0 aliphatic carbocycles. The molecule has 4 rings (SSSR count). The van der Waals surface area contributed by atoms with Crippen molar-refractivity contribution in [2.75, 3.05) is 0 Å². The Labute approximate surface area is 148 Å². The number of benzene rings is 3. The summed E-state index contributed by atoms with van der Waals surface area (Å²) in [7, 11) is 0. The highest BCUT2D eigenvalue weighted by Crippen LogP contribution is 2.33. The van der Waals surface area contributed by atoms with Crippen molar-refractivity contribution in [1.29, 1.82) is 0 Å². The topological polar surface area (TPSA) is 98.7 Å². The second-order valence-corrected chi connectivity index (χ2v) is 6.04. The summed E-state index contributed by atoms with van der Waals surface area (Å²) in [6.45, 7) is 0.408. The molecule has 130 valence electrons. The van der Waals surface area contributed by atoms with Gasteiger partial charge in [-0.05, 0) is 48.0 Å². The third-order valence-corrected chi connectivity index (χ3v) is 4.27. The molecule has 6 heteroatoms. The summed E-state index contributed by atoms with van der Waals surface area (Å²) >= 11 is 0. The van der Waals surface area contributed by atoms with E-state index >= 15 is 0 Å². The maximum absolute atomic E-state index is 9.84. The minimum atomic E-state index is -0.219. The molecule has 1 heterocycles. The van der Waals surface area contributed by atoms with Gasteiger partial charge >= 0.3 is 0 Å². The number of phenols is 4. The zero-order chi connectivity index (χ0) is 18.3. The van der Waals surface area contributed by atoms with Crippen molar-refractivity contribution < 1.29 is 20.4 Å². The maximum atomic E-state index is 9.84. The lowest BCUT2D eigenvalue weighted by molar-refractivity contribution is 0.403. The molecule has 0 saturated heterocycles. The van der Waals surface area contributed by atoms with Gasteiger partial charge in [0.2, 0.25) is 0 Å². The van der Waals surface area contributed by atoms with Gasteiger partial charge in [-0.15, -0.1) is 0 Å². The molecule has 0 radical (unpaired) electrons. The molecule has 6 nitrogen and oxygen atoms in total. The van der Waals surface area contributed by atoms with Crippen LogP contribution in [0.3, 0.4) is 0 Å². The Morgan fingerprint density at radius 2 is 1.42 bits per heavy atom. The Hall–Kier alpha value is -3.67. The van der Waals surface area contributed by atoms with Crippen LogP contribution in [0.15, 0.2) is 60.7 Å². The molecule has 4 N–H and O–H groups in total. The lowest BCUT2D eigenvalue weighted by Crippen LogP contribution is -2.02. The molecule has 0 aliphatic heterocycles. The molecule has 3 aromatic carbocycles. The van der Waals surface area contributed by atoms with Gasteiger partial charge in [0, 0.05) is 12.1 Å². The fourth-order valence-corrected chi connectivity index (χ4v) is 2.97. The Kier molecular flexibility index (Phi) is 3.65. The lowest BCUT2D eigenvalue weighted by Gasteiger charge is -2.11. The molecule has 4 aromatic rings. The predicted molar refractivity (Wildman–Crippen MR) is 97.4 cm³/mol. The molecule has 0 fully saturated rings. The Morgan fingerprint density at radius 3 is 2.15 bits per heavy atom. The monoisotopic (exact) mass is 348 g/mol. The van der Waals surface area contributed by atoms with Gasteiger partial charge in [0.05, 0.1) is 11.0 Å². The SMILES string of the molecule is Oc1ccc(Cn2c(-c3ccc(O)c(O)c3)nc3ccccc32)cc1O. The lowest BCUT2D eigenvalue weighted by atomic mass is 10.1. The van der Waals surface area contributed by atoms with Gasteiger partial charge in [0.15, 0.2) is 23.0 Å². The Bertz CT molecular complexity index is 1120. The average molecular weight is 348 g/mol. The van der Waals surface area contributed by atoms with E-state index in [1.54, 1.807) is 12.1 Å². The molecule has 0 atom stereocenters. The summed E-state index contributed by atoms with van der Waals surface area (Å²) in [6, 6.07) is 16.9. The number of aromatic hydroxyl groups is 4. The average Bonchev–Trinajstić information content (AvgIpc) is 2.99. The number of hydrogen-bond acceptors (Lipinski definition) is 5. The van der Waals surface area contributed by atoms with E-state index in [4.69, 9.17) is 0 Å². The first-order valence-electron chi connectivity index (χ1n) is 8.01. The second kappa shape index (κ2) is 6.00. The number of imidazole rings is 1. The summed E-state index contributed by atoms with van der Waals surface area (Å²) in [5.74, 6) is -0.152. The molecule has 0 aliphatic rings. The maximum Gasteiger partial charge on any atom is 0.158 e. The summed E-state index contributed by atoms with van der Waals surface area (Å²) in [4.78, 5) is 4.65. The summed E-state index contributed by atoms with van der Waals surface area (Å²) in [5.41, 5.74) is 3.12. The van der Waals surface area contributed by atoms with E-state index in [1.807, 2.05) is 28.8 Å². The molecule has 0 spiro atoms. The number of para-hydroxylation sites is 2.